The fourth-order valence-electron chi connectivity index (χ4n) is 3.95. The summed E-state index contributed by atoms with van der Waals surface area (Å²) < 4.78 is 0. The lowest BCUT2D eigenvalue weighted by molar-refractivity contribution is 0.0966. The second-order valence-corrected chi connectivity index (χ2v) is 7.69. The third-order valence-corrected chi connectivity index (χ3v) is 5.91. The molecule has 4 rings (SSSR count). The minimum absolute atomic E-state index is 0.0617. The molecule has 3 nitrogen and oxygen atoms in total. The number of carbonyl (C=O) groups excluding carboxylic acids is 1. The number of benzene rings is 2. The third-order valence-electron chi connectivity index (χ3n) is 5.32. The summed E-state index contributed by atoms with van der Waals surface area (Å²) in [5.41, 5.74) is 4.53. The van der Waals surface area contributed by atoms with Crippen LogP contribution in [0.5, 0.6) is 0 Å². The molecule has 1 N–H and O–H groups in total. The number of halogens is 2. The van der Waals surface area contributed by atoms with E-state index in [1.165, 1.54) is 11.1 Å². The first-order chi connectivity index (χ1) is 12.1. The van der Waals surface area contributed by atoms with Crippen molar-refractivity contribution in [2.45, 2.75) is 31.8 Å². The fraction of sp³-hybridized carbons (Fsp3) is 0.350. The number of hydrogen-bond donors (Lipinski definition) is 1. The first-order valence-electron chi connectivity index (χ1n) is 8.68. The molecule has 2 aromatic rings. The van der Waals surface area contributed by atoms with Crippen LogP contribution in [0.2, 0.25) is 10.0 Å². The summed E-state index contributed by atoms with van der Waals surface area (Å²) >= 11 is 12.3. The van der Waals surface area contributed by atoms with Gasteiger partial charge in [0.15, 0.2) is 0 Å². The van der Waals surface area contributed by atoms with Gasteiger partial charge in [-0.25, -0.2) is 0 Å². The molecule has 2 heterocycles. The van der Waals surface area contributed by atoms with Crippen molar-refractivity contribution in [1.82, 2.24) is 10.2 Å². The van der Waals surface area contributed by atoms with Gasteiger partial charge in [0.25, 0.3) is 5.91 Å². The maximum Gasteiger partial charge on any atom is 0.251 e. The third kappa shape index (κ3) is 3.41. The molecule has 0 radical (unpaired) electrons. The Labute approximate surface area is 157 Å². The van der Waals surface area contributed by atoms with Gasteiger partial charge in [0.2, 0.25) is 0 Å². The molecule has 1 fully saturated rings. The smallest absolute Gasteiger partial charge is 0.251 e. The molecule has 2 aliphatic heterocycles. The summed E-state index contributed by atoms with van der Waals surface area (Å²) in [4.78, 5) is 14.3. The molecular formula is C20H20Cl2N2O. The SMILES string of the molecule is O=C1NCc2c1cccc2C1CCN(Cc2ccc(Cl)cc2Cl)CC1. The number of piperidine rings is 1. The molecule has 0 unspecified atom stereocenters. The van der Waals surface area contributed by atoms with Crippen molar-refractivity contribution in [3.8, 4) is 0 Å². The van der Waals surface area contributed by atoms with Crippen LogP contribution in [0, 0.1) is 0 Å². The van der Waals surface area contributed by atoms with E-state index in [1.807, 2.05) is 30.3 Å². The number of carbonyl (C=O) groups is 1. The maximum atomic E-state index is 11.9. The van der Waals surface area contributed by atoms with Gasteiger partial charge in [-0.05, 0) is 66.7 Å². The summed E-state index contributed by atoms with van der Waals surface area (Å²) in [5, 5.41) is 4.35. The lowest BCUT2D eigenvalue weighted by Gasteiger charge is -2.33. The van der Waals surface area contributed by atoms with Gasteiger partial charge in [0.05, 0.1) is 0 Å². The van der Waals surface area contributed by atoms with Gasteiger partial charge in [0, 0.05) is 28.7 Å². The Hall–Kier alpha value is -1.55. The molecule has 2 aliphatic rings. The van der Waals surface area contributed by atoms with Gasteiger partial charge in [-0.3, -0.25) is 9.69 Å². The van der Waals surface area contributed by atoms with E-state index < -0.39 is 0 Å². The molecule has 0 atom stereocenters. The largest absolute Gasteiger partial charge is 0.348 e. The first kappa shape index (κ1) is 16.9. The predicted molar refractivity (Wildman–Crippen MR) is 101 cm³/mol. The van der Waals surface area contributed by atoms with Crippen molar-refractivity contribution >= 4 is 29.1 Å². The number of hydrogen-bond acceptors (Lipinski definition) is 2. The van der Waals surface area contributed by atoms with Crippen LogP contribution >= 0.6 is 23.2 Å². The van der Waals surface area contributed by atoms with Crippen LogP contribution < -0.4 is 5.32 Å². The summed E-state index contributed by atoms with van der Waals surface area (Å²) in [6.07, 6.45) is 2.21. The van der Waals surface area contributed by atoms with Crippen molar-refractivity contribution in [2.75, 3.05) is 13.1 Å². The van der Waals surface area contributed by atoms with E-state index in [1.54, 1.807) is 0 Å². The van der Waals surface area contributed by atoms with Gasteiger partial charge >= 0.3 is 0 Å². The molecule has 25 heavy (non-hydrogen) atoms. The first-order valence-corrected chi connectivity index (χ1v) is 9.43. The van der Waals surface area contributed by atoms with Gasteiger partial charge in [-0.2, -0.15) is 0 Å². The molecule has 2 aromatic carbocycles. The summed E-state index contributed by atoms with van der Waals surface area (Å²) in [6.45, 7) is 3.60. The summed E-state index contributed by atoms with van der Waals surface area (Å²) in [6, 6.07) is 11.8. The van der Waals surface area contributed by atoms with E-state index in [9.17, 15) is 4.79 Å². The van der Waals surface area contributed by atoms with E-state index in [2.05, 4.69) is 16.3 Å². The maximum absolute atomic E-state index is 11.9. The Kier molecular flexibility index (Phi) is 4.72. The van der Waals surface area contributed by atoms with Crippen molar-refractivity contribution in [3.63, 3.8) is 0 Å². The highest BCUT2D eigenvalue weighted by atomic mass is 35.5. The molecule has 5 heteroatoms. The highest BCUT2D eigenvalue weighted by Gasteiger charge is 2.27. The molecule has 0 spiro atoms. The van der Waals surface area contributed by atoms with E-state index in [0.717, 1.165) is 48.6 Å². The lowest BCUT2D eigenvalue weighted by Crippen LogP contribution is -2.32. The average molecular weight is 375 g/mol. The van der Waals surface area contributed by atoms with Crippen molar-refractivity contribution in [3.05, 3.63) is 68.7 Å². The minimum Gasteiger partial charge on any atom is -0.348 e. The monoisotopic (exact) mass is 374 g/mol. The number of amides is 1. The number of likely N-dealkylation sites (tertiary alicyclic amines) is 1. The fourth-order valence-corrected chi connectivity index (χ4v) is 4.42. The second kappa shape index (κ2) is 6.99. The molecule has 130 valence electrons. The Bertz CT molecular complexity index is 813. The molecular weight excluding hydrogens is 355 g/mol. The van der Waals surface area contributed by atoms with E-state index >= 15 is 0 Å². The number of rotatable bonds is 3. The molecule has 1 saturated heterocycles. The second-order valence-electron chi connectivity index (χ2n) is 6.84. The van der Waals surface area contributed by atoms with Gasteiger partial charge in [-0.1, -0.05) is 41.4 Å². The average Bonchev–Trinajstić information content (AvgIpc) is 3.00. The number of fused-ring (bicyclic) bond motifs is 1. The minimum atomic E-state index is 0.0617. The van der Waals surface area contributed by atoms with E-state index in [0.29, 0.717) is 17.5 Å². The Balaban J connectivity index is 1.43. The standard InChI is InChI=1S/C20H20Cl2N2O/c21-15-5-4-14(19(22)10-15)12-24-8-6-13(7-9-24)16-2-1-3-17-18(16)11-23-20(17)25/h1-5,10,13H,6-9,11-12H2,(H,23,25). The van der Waals surface area contributed by atoms with Crippen LogP contribution in [0.4, 0.5) is 0 Å². The molecule has 0 saturated carbocycles. The zero-order valence-corrected chi connectivity index (χ0v) is 15.4. The molecule has 1 amide bonds. The Morgan fingerprint density at radius 1 is 1.12 bits per heavy atom. The van der Waals surface area contributed by atoms with Crippen LogP contribution in [0.25, 0.3) is 0 Å². The van der Waals surface area contributed by atoms with Crippen LogP contribution in [0.1, 0.15) is 45.8 Å². The van der Waals surface area contributed by atoms with Crippen molar-refractivity contribution < 1.29 is 4.79 Å². The van der Waals surface area contributed by atoms with Crippen LogP contribution in [-0.4, -0.2) is 23.9 Å². The highest BCUT2D eigenvalue weighted by Crippen LogP contribution is 2.34. The number of nitrogens with one attached hydrogen (secondary N) is 1. The van der Waals surface area contributed by atoms with Crippen molar-refractivity contribution in [2.24, 2.45) is 0 Å². The molecule has 0 bridgehead atoms. The van der Waals surface area contributed by atoms with Crippen molar-refractivity contribution in [1.29, 1.82) is 0 Å². The van der Waals surface area contributed by atoms with Gasteiger partial charge in [-0.15, -0.1) is 0 Å². The predicted octanol–water partition coefficient (Wildman–Crippen LogP) is 4.62. The molecule has 0 aliphatic carbocycles. The van der Waals surface area contributed by atoms with Gasteiger partial charge in [0.1, 0.15) is 0 Å². The zero-order chi connectivity index (χ0) is 17.4. The van der Waals surface area contributed by atoms with E-state index in [4.69, 9.17) is 23.2 Å². The summed E-state index contributed by atoms with van der Waals surface area (Å²) in [5.74, 6) is 0.589. The Morgan fingerprint density at radius 3 is 2.68 bits per heavy atom. The summed E-state index contributed by atoms with van der Waals surface area (Å²) in [7, 11) is 0. The molecule has 0 aromatic heterocycles. The lowest BCUT2D eigenvalue weighted by atomic mass is 9.85. The van der Waals surface area contributed by atoms with Gasteiger partial charge < -0.3 is 5.32 Å². The van der Waals surface area contributed by atoms with Crippen LogP contribution in [-0.2, 0) is 13.1 Å². The quantitative estimate of drug-likeness (QED) is 0.849. The highest BCUT2D eigenvalue weighted by molar-refractivity contribution is 6.35. The topological polar surface area (TPSA) is 32.3 Å². The van der Waals surface area contributed by atoms with Crippen LogP contribution in [0.3, 0.4) is 0 Å². The van der Waals surface area contributed by atoms with Crippen LogP contribution in [0.15, 0.2) is 36.4 Å². The zero-order valence-electron chi connectivity index (χ0n) is 13.9. The van der Waals surface area contributed by atoms with E-state index in [-0.39, 0.29) is 5.91 Å². The Morgan fingerprint density at radius 2 is 1.92 bits per heavy atom. The number of nitrogens with zero attached hydrogens (tertiary/aromatic N) is 1. The normalized spacial score (nSPS) is 18.2.